The summed E-state index contributed by atoms with van der Waals surface area (Å²) in [6.45, 7) is 0. The number of hydrogen-bond acceptors (Lipinski definition) is 5. The molecule has 4 rings (SSSR count). The molecule has 0 saturated heterocycles. The number of benzene rings is 4. The van der Waals surface area contributed by atoms with Crippen molar-refractivity contribution in [2.24, 2.45) is 0 Å². The van der Waals surface area contributed by atoms with Crippen LogP contribution in [0.2, 0.25) is 5.02 Å². The molecule has 0 heterocycles. The number of amides is 1. The van der Waals surface area contributed by atoms with Gasteiger partial charge in [-0.1, -0.05) is 72.3 Å². The zero-order chi connectivity index (χ0) is 25.5. The number of para-hydroxylation sites is 1. The molecule has 36 heavy (non-hydrogen) atoms. The lowest BCUT2D eigenvalue weighted by Crippen LogP contribution is -2.43. The smallest absolute Gasteiger partial charge is 0.328 e. The average Bonchev–Trinajstić information content (AvgIpc) is 2.90. The highest BCUT2D eigenvalue weighted by molar-refractivity contribution is 6.31. The summed E-state index contributed by atoms with van der Waals surface area (Å²) >= 11 is 6.03. The van der Waals surface area contributed by atoms with Crippen molar-refractivity contribution >= 4 is 29.2 Å². The normalized spacial score (nSPS) is 11.4. The van der Waals surface area contributed by atoms with Gasteiger partial charge in [0.25, 0.3) is 5.91 Å². The van der Waals surface area contributed by atoms with Crippen LogP contribution in [-0.4, -0.2) is 25.0 Å². The van der Waals surface area contributed by atoms with Crippen LogP contribution >= 0.6 is 11.6 Å². The van der Waals surface area contributed by atoms with E-state index in [1.807, 2.05) is 78.9 Å². The Bertz CT molecular complexity index is 1360. The molecule has 0 aliphatic carbocycles. The lowest BCUT2D eigenvalue weighted by atomic mass is 9.99. The molecule has 0 radical (unpaired) electrons. The fourth-order valence-corrected chi connectivity index (χ4v) is 3.95. The van der Waals surface area contributed by atoms with Gasteiger partial charge in [0.2, 0.25) is 0 Å². The fraction of sp³-hybridized carbons (Fsp3) is 0.103. The fourth-order valence-electron chi connectivity index (χ4n) is 3.78. The molecule has 182 valence electrons. The molecular formula is C29H25ClN2O4. The van der Waals surface area contributed by atoms with Gasteiger partial charge in [-0.05, 0) is 47.5 Å². The standard InChI is InChI=1S/C29H25ClN2O4/c1-35-29(34)26(32-28(33)24-18-21(30)13-15-25(24)31)16-19-12-14-23(20-8-4-2-5-9-20)27(17-19)36-22-10-6-3-7-11-22/h2-15,17-18,26H,16,31H2,1H3,(H,32,33). The average molecular weight is 501 g/mol. The van der Waals surface area contributed by atoms with Crippen molar-refractivity contribution in [3.63, 3.8) is 0 Å². The van der Waals surface area contributed by atoms with Crippen molar-refractivity contribution in [1.29, 1.82) is 0 Å². The third kappa shape index (κ3) is 6.03. The van der Waals surface area contributed by atoms with Gasteiger partial charge in [-0.2, -0.15) is 0 Å². The van der Waals surface area contributed by atoms with E-state index in [1.165, 1.54) is 13.2 Å². The predicted molar refractivity (Wildman–Crippen MR) is 141 cm³/mol. The van der Waals surface area contributed by atoms with Crippen LogP contribution in [0.3, 0.4) is 0 Å². The quantitative estimate of drug-likeness (QED) is 0.232. The molecule has 1 unspecified atom stereocenters. The Kier molecular flexibility index (Phi) is 7.88. The summed E-state index contributed by atoms with van der Waals surface area (Å²) in [5, 5.41) is 3.09. The topological polar surface area (TPSA) is 90.6 Å². The van der Waals surface area contributed by atoms with Crippen molar-refractivity contribution in [1.82, 2.24) is 5.32 Å². The van der Waals surface area contributed by atoms with Gasteiger partial charge in [0.15, 0.2) is 0 Å². The number of nitrogens with one attached hydrogen (secondary N) is 1. The third-order valence-electron chi connectivity index (χ3n) is 5.59. The van der Waals surface area contributed by atoms with Gasteiger partial charge in [-0.25, -0.2) is 4.79 Å². The van der Waals surface area contributed by atoms with Gasteiger partial charge >= 0.3 is 5.97 Å². The van der Waals surface area contributed by atoms with E-state index >= 15 is 0 Å². The molecular weight excluding hydrogens is 476 g/mol. The number of carbonyl (C=O) groups excluding carboxylic acids is 2. The van der Waals surface area contributed by atoms with E-state index < -0.39 is 17.9 Å². The summed E-state index contributed by atoms with van der Waals surface area (Å²) in [4.78, 5) is 25.5. The first-order valence-electron chi connectivity index (χ1n) is 11.3. The minimum atomic E-state index is -0.951. The highest BCUT2D eigenvalue weighted by Gasteiger charge is 2.24. The van der Waals surface area contributed by atoms with Gasteiger partial charge in [0, 0.05) is 22.7 Å². The van der Waals surface area contributed by atoms with E-state index in [-0.39, 0.29) is 17.7 Å². The monoisotopic (exact) mass is 500 g/mol. The largest absolute Gasteiger partial charge is 0.467 e. The van der Waals surface area contributed by atoms with Gasteiger partial charge in [0.05, 0.1) is 12.7 Å². The number of ether oxygens (including phenoxy) is 2. The van der Waals surface area contributed by atoms with Gasteiger partial charge < -0.3 is 20.5 Å². The Morgan fingerprint density at radius 1 is 0.917 bits per heavy atom. The van der Waals surface area contributed by atoms with Crippen LogP contribution in [0.5, 0.6) is 11.5 Å². The highest BCUT2D eigenvalue weighted by atomic mass is 35.5. The summed E-state index contributed by atoms with van der Waals surface area (Å²) in [5.41, 5.74) is 9.04. The number of carbonyl (C=O) groups is 2. The molecule has 3 N–H and O–H groups in total. The maximum atomic E-state index is 12.9. The van der Waals surface area contributed by atoms with Crippen molar-refractivity contribution < 1.29 is 19.1 Å². The van der Waals surface area contributed by atoms with Crippen LogP contribution in [0, 0.1) is 0 Å². The first-order valence-corrected chi connectivity index (χ1v) is 11.7. The molecule has 0 saturated carbocycles. The second-order valence-corrected chi connectivity index (χ2v) is 8.53. The number of nitrogens with two attached hydrogens (primary N) is 1. The van der Waals surface area contributed by atoms with E-state index in [0.29, 0.717) is 16.5 Å². The number of esters is 1. The third-order valence-corrected chi connectivity index (χ3v) is 5.83. The number of nitrogen functional groups attached to an aromatic ring is 1. The number of halogens is 1. The molecule has 4 aromatic rings. The maximum absolute atomic E-state index is 12.9. The van der Waals surface area contributed by atoms with Crippen LogP contribution in [0.1, 0.15) is 15.9 Å². The SMILES string of the molecule is COC(=O)C(Cc1ccc(-c2ccccc2)c(Oc2ccccc2)c1)NC(=O)c1cc(Cl)ccc1N. The lowest BCUT2D eigenvalue weighted by molar-refractivity contribution is -0.142. The molecule has 4 aromatic carbocycles. The van der Waals surface area contributed by atoms with Crippen molar-refractivity contribution in [2.45, 2.75) is 12.5 Å². The summed E-state index contributed by atoms with van der Waals surface area (Å²) in [5.74, 6) is 0.202. The number of hydrogen-bond donors (Lipinski definition) is 2. The predicted octanol–water partition coefficient (Wildman–Crippen LogP) is 5.90. The maximum Gasteiger partial charge on any atom is 0.328 e. The van der Waals surface area contributed by atoms with Crippen molar-refractivity contribution in [2.75, 3.05) is 12.8 Å². The zero-order valence-corrected chi connectivity index (χ0v) is 20.4. The van der Waals surface area contributed by atoms with Crippen LogP contribution in [0.25, 0.3) is 11.1 Å². The minimum Gasteiger partial charge on any atom is -0.467 e. The van der Waals surface area contributed by atoms with E-state index in [0.717, 1.165) is 16.7 Å². The molecule has 0 spiro atoms. The van der Waals surface area contributed by atoms with Gasteiger partial charge in [-0.3, -0.25) is 4.79 Å². The summed E-state index contributed by atoms with van der Waals surface area (Å²) in [6.07, 6.45) is 0.180. The van der Waals surface area contributed by atoms with Crippen LogP contribution < -0.4 is 15.8 Å². The lowest BCUT2D eigenvalue weighted by Gasteiger charge is -2.19. The Morgan fingerprint density at radius 2 is 1.61 bits per heavy atom. The summed E-state index contributed by atoms with van der Waals surface area (Å²) in [7, 11) is 1.28. The Labute approximate surface area is 214 Å². The van der Waals surface area contributed by atoms with Gasteiger partial charge in [-0.15, -0.1) is 0 Å². The molecule has 1 atom stereocenters. The summed E-state index contributed by atoms with van der Waals surface area (Å²) < 4.78 is 11.2. The zero-order valence-electron chi connectivity index (χ0n) is 19.6. The van der Waals surface area contributed by atoms with Crippen LogP contribution in [-0.2, 0) is 16.0 Å². The Hall–Kier alpha value is -4.29. The van der Waals surface area contributed by atoms with Crippen LogP contribution in [0.15, 0.2) is 97.1 Å². The van der Waals surface area contributed by atoms with Crippen molar-refractivity contribution in [3.8, 4) is 22.6 Å². The first kappa shape index (κ1) is 24.8. The van der Waals surface area contributed by atoms with Crippen molar-refractivity contribution in [3.05, 3.63) is 113 Å². The van der Waals surface area contributed by atoms with E-state index in [4.69, 9.17) is 26.8 Å². The van der Waals surface area contributed by atoms with Crippen LogP contribution in [0.4, 0.5) is 5.69 Å². The number of anilines is 1. The molecule has 0 aliphatic heterocycles. The van der Waals surface area contributed by atoms with Gasteiger partial charge in [0.1, 0.15) is 17.5 Å². The van der Waals surface area contributed by atoms with E-state index in [2.05, 4.69) is 5.32 Å². The molecule has 0 bridgehead atoms. The molecule has 0 fully saturated rings. The number of rotatable bonds is 8. The summed E-state index contributed by atoms with van der Waals surface area (Å²) in [6, 6.07) is 28.7. The molecule has 1 amide bonds. The Balaban J connectivity index is 1.64. The molecule has 0 aliphatic rings. The highest BCUT2D eigenvalue weighted by Crippen LogP contribution is 2.34. The number of methoxy groups -OCH3 is 1. The second kappa shape index (κ2) is 11.4. The first-order chi connectivity index (χ1) is 17.4. The Morgan fingerprint density at radius 3 is 2.31 bits per heavy atom. The van der Waals surface area contributed by atoms with E-state index in [9.17, 15) is 9.59 Å². The minimum absolute atomic E-state index is 0.180. The molecule has 0 aromatic heterocycles. The van der Waals surface area contributed by atoms with E-state index in [1.54, 1.807) is 12.1 Å². The molecule has 7 heteroatoms. The molecule has 6 nitrogen and oxygen atoms in total. The second-order valence-electron chi connectivity index (χ2n) is 8.10.